The maximum atomic E-state index is 13.3. The van der Waals surface area contributed by atoms with Crippen LogP contribution in [0, 0.1) is 5.92 Å². The van der Waals surface area contributed by atoms with Crippen LogP contribution in [0.1, 0.15) is 41.7 Å². The first-order chi connectivity index (χ1) is 13.5. The summed E-state index contributed by atoms with van der Waals surface area (Å²) in [4.78, 5) is 0. The van der Waals surface area contributed by atoms with E-state index in [1.165, 1.54) is 12.1 Å². The van der Waals surface area contributed by atoms with Gasteiger partial charge in [0.2, 0.25) is 0 Å². The van der Waals surface area contributed by atoms with E-state index in [2.05, 4.69) is 28.3 Å². The van der Waals surface area contributed by atoms with Crippen LogP contribution in [0.2, 0.25) is 0 Å². The minimum Gasteiger partial charge on any atom is -0.378 e. The zero-order valence-corrected chi connectivity index (χ0v) is 15.6. The molecule has 0 amide bonds. The number of hydrogen-bond acceptors (Lipinski definition) is 4. The van der Waals surface area contributed by atoms with E-state index < -0.39 is 11.7 Å². The molecule has 4 nitrogen and oxygen atoms in total. The Kier molecular flexibility index (Phi) is 5.31. The van der Waals surface area contributed by atoms with Gasteiger partial charge in [0.15, 0.2) is 0 Å². The SMILES string of the molecule is CNNC[C@H]1CC[C@@H]2[C@H](O1)c1cc(C(F)(F)F)ccc1N[C@H]2c1ccccc1. The van der Waals surface area contributed by atoms with Crippen molar-refractivity contribution >= 4 is 5.69 Å². The predicted octanol–water partition coefficient (Wildman–Crippen LogP) is 4.43. The lowest BCUT2D eigenvalue weighted by Crippen LogP contribution is -2.44. The average Bonchev–Trinajstić information content (AvgIpc) is 2.71. The highest BCUT2D eigenvalue weighted by Crippen LogP contribution is 2.51. The largest absolute Gasteiger partial charge is 0.416 e. The highest BCUT2D eigenvalue weighted by atomic mass is 19.4. The van der Waals surface area contributed by atoms with Crippen molar-refractivity contribution < 1.29 is 17.9 Å². The second kappa shape index (κ2) is 7.73. The monoisotopic (exact) mass is 391 g/mol. The predicted molar refractivity (Wildman–Crippen MR) is 102 cm³/mol. The molecule has 1 fully saturated rings. The molecule has 0 bridgehead atoms. The number of fused-ring (bicyclic) bond motifs is 3. The molecule has 28 heavy (non-hydrogen) atoms. The fourth-order valence-corrected chi connectivity index (χ4v) is 4.29. The number of anilines is 1. The number of benzene rings is 2. The molecule has 1 saturated heterocycles. The van der Waals surface area contributed by atoms with E-state index in [9.17, 15) is 13.2 Å². The summed E-state index contributed by atoms with van der Waals surface area (Å²) >= 11 is 0. The second-order valence-corrected chi connectivity index (χ2v) is 7.38. The number of nitrogens with one attached hydrogen (secondary N) is 3. The zero-order valence-electron chi connectivity index (χ0n) is 15.6. The third kappa shape index (κ3) is 3.74. The van der Waals surface area contributed by atoms with E-state index in [4.69, 9.17) is 4.74 Å². The lowest BCUT2D eigenvalue weighted by atomic mass is 9.76. The first kappa shape index (κ1) is 19.2. The number of ether oxygens (including phenoxy) is 1. The van der Waals surface area contributed by atoms with Crippen molar-refractivity contribution in [3.63, 3.8) is 0 Å². The maximum absolute atomic E-state index is 13.3. The summed E-state index contributed by atoms with van der Waals surface area (Å²) in [6, 6.07) is 14.0. The number of halogens is 3. The quantitative estimate of drug-likeness (QED) is 0.675. The Balaban J connectivity index is 1.71. The molecule has 2 aromatic rings. The van der Waals surface area contributed by atoms with Crippen LogP contribution in [-0.2, 0) is 10.9 Å². The summed E-state index contributed by atoms with van der Waals surface area (Å²) in [7, 11) is 1.78. The Labute approximate surface area is 162 Å². The van der Waals surface area contributed by atoms with Crippen LogP contribution in [0.15, 0.2) is 48.5 Å². The first-order valence-electron chi connectivity index (χ1n) is 9.55. The number of alkyl halides is 3. The van der Waals surface area contributed by atoms with E-state index in [-0.39, 0.29) is 24.2 Å². The molecule has 0 unspecified atom stereocenters. The van der Waals surface area contributed by atoms with Gasteiger partial charge in [-0.2, -0.15) is 13.2 Å². The molecular formula is C21H24F3N3O. The van der Waals surface area contributed by atoms with Crippen molar-refractivity contribution in [2.45, 2.75) is 37.3 Å². The topological polar surface area (TPSA) is 45.3 Å². The Hall–Kier alpha value is -2.09. The first-order valence-corrected chi connectivity index (χ1v) is 9.55. The standard InChI is InChI=1S/C21H24F3N3O/c1-25-26-12-15-8-9-16-19(13-5-3-2-4-6-13)27-18-10-7-14(21(22,23)24)11-17(18)20(16)28-15/h2-7,10-11,15-16,19-20,25-27H,8-9,12H2,1H3/t15-,16+,19+,20+/m1/s1. The van der Waals surface area contributed by atoms with Gasteiger partial charge in [-0.25, -0.2) is 0 Å². The van der Waals surface area contributed by atoms with Crippen LogP contribution in [0.3, 0.4) is 0 Å². The van der Waals surface area contributed by atoms with Gasteiger partial charge in [0.25, 0.3) is 0 Å². The third-order valence-corrected chi connectivity index (χ3v) is 5.64. The molecule has 4 atom stereocenters. The number of hydrogen-bond donors (Lipinski definition) is 3. The van der Waals surface area contributed by atoms with E-state index in [0.29, 0.717) is 17.8 Å². The van der Waals surface area contributed by atoms with Gasteiger partial charge < -0.3 is 10.1 Å². The van der Waals surface area contributed by atoms with E-state index in [0.717, 1.165) is 24.5 Å². The van der Waals surface area contributed by atoms with Gasteiger partial charge in [-0.15, -0.1) is 0 Å². The third-order valence-electron chi connectivity index (χ3n) is 5.64. The van der Waals surface area contributed by atoms with Gasteiger partial charge in [0.05, 0.1) is 23.8 Å². The molecule has 2 aromatic carbocycles. The van der Waals surface area contributed by atoms with Gasteiger partial charge in [0, 0.05) is 23.7 Å². The summed E-state index contributed by atoms with van der Waals surface area (Å²) in [5.74, 6) is 0.0734. The van der Waals surface area contributed by atoms with Crippen LogP contribution in [-0.4, -0.2) is 19.7 Å². The molecular weight excluding hydrogens is 367 g/mol. The number of hydrazine groups is 1. The van der Waals surface area contributed by atoms with Crippen LogP contribution in [0.25, 0.3) is 0 Å². The second-order valence-electron chi connectivity index (χ2n) is 7.38. The normalized spacial score (nSPS) is 26.9. The molecule has 7 heteroatoms. The van der Waals surface area contributed by atoms with Gasteiger partial charge in [-0.05, 0) is 43.7 Å². The van der Waals surface area contributed by atoms with Crippen LogP contribution in [0.4, 0.5) is 18.9 Å². The van der Waals surface area contributed by atoms with Gasteiger partial charge in [0.1, 0.15) is 0 Å². The molecule has 0 saturated carbocycles. The molecule has 0 aromatic heterocycles. The number of rotatable bonds is 4. The van der Waals surface area contributed by atoms with E-state index >= 15 is 0 Å². The Morgan fingerprint density at radius 2 is 1.89 bits per heavy atom. The van der Waals surface area contributed by atoms with Crippen LogP contribution < -0.4 is 16.2 Å². The van der Waals surface area contributed by atoms with E-state index in [1.807, 2.05) is 18.2 Å². The Morgan fingerprint density at radius 3 is 2.61 bits per heavy atom. The molecule has 3 N–H and O–H groups in total. The van der Waals surface area contributed by atoms with Crippen molar-refractivity contribution in [3.05, 3.63) is 65.2 Å². The van der Waals surface area contributed by atoms with Gasteiger partial charge in [-0.1, -0.05) is 30.3 Å². The van der Waals surface area contributed by atoms with Crippen molar-refractivity contribution in [2.75, 3.05) is 18.9 Å². The minimum atomic E-state index is -4.37. The molecule has 0 spiro atoms. The molecule has 150 valence electrons. The molecule has 4 rings (SSSR count). The average molecular weight is 391 g/mol. The minimum absolute atomic E-state index is 0.00801. The summed E-state index contributed by atoms with van der Waals surface area (Å²) in [5, 5.41) is 3.47. The summed E-state index contributed by atoms with van der Waals surface area (Å²) in [6.45, 7) is 0.609. The van der Waals surface area contributed by atoms with Crippen LogP contribution >= 0.6 is 0 Å². The highest BCUT2D eigenvalue weighted by Gasteiger charge is 2.43. The lowest BCUT2D eigenvalue weighted by Gasteiger charge is -2.46. The Morgan fingerprint density at radius 1 is 1.11 bits per heavy atom. The van der Waals surface area contributed by atoms with Crippen molar-refractivity contribution in [1.82, 2.24) is 10.9 Å². The fraction of sp³-hybridized carbons (Fsp3) is 0.429. The zero-order chi connectivity index (χ0) is 19.7. The summed E-state index contributed by atoms with van der Waals surface area (Å²) in [6.07, 6.45) is -3.06. The smallest absolute Gasteiger partial charge is 0.378 e. The summed E-state index contributed by atoms with van der Waals surface area (Å²) in [5.41, 5.74) is 7.72. The molecule has 2 aliphatic heterocycles. The van der Waals surface area contributed by atoms with Crippen molar-refractivity contribution in [3.8, 4) is 0 Å². The Bertz CT molecular complexity index is 812. The van der Waals surface area contributed by atoms with Gasteiger partial charge >= 0.3 is 6.18 Å². The molecule has 2 heterocycles. The van der Waals surface area contributed by atoms with E-state index in [1.54, 1.807) is 7.05 Å². The summed E-state index contributed by atoms with van der Waals surface area (Å²) < 4.78 is 46.2. The van der Waals surface area contributed by atoms with Crippen molar-refractivity contribution in [2.24, 2.45) is 5.92 Å². The lowest BCUT2D eigenvalue weighted by molar-refractivity contribution is -0.138. The maximum Gasteiger partial charge on any atom is 0.416 e. The molecule has 2 aliphatic rings. The molecule has 0 radical (unpaired) electrons. The fourth-order valence-electron chi connectivity index (χ4n) is 4.29. The van der Waals surface area contributed by atoms with Gasteiger partial charge in [-0.3, -0.25) is 10.9 Å². The van der Waals surface area contributed by atoms with Crippen LogP contribution in [0.5, 0.6) is 0 Å². The highest BCUT2D eigenvalue weighted by molar-refractivity contribution is 5.58. The van der Waals surface area contributed by atoms with Crippen molar-refractivity contribution in [1.29, 1.82) is 0 Å². The molecule has 0 aliphatic carbocycles.